The van der Waals surface area contributed by atoms with Crippen LogP contribution in [0.3, 0.4) is 0 Å². The number of aromatic nitrogens is 3. The lowest BCUT2D eigenvalue weighted by Crippen LogP contribution is -2.02. The van der Waals surface area contributed by atoms with Crippen molar-refractivity contribution in [1.29, 1.82) is 5.26 Å². The molecule has 51 heavy (non-hydrogen) atoms. The van der Waals surface area contributed by atoms with E-state index in [9.17, 15) is 5.26 Å². The molecular formula is C47H28N4. The van der Waals surface area contributed by atoms with Gasteiger partial charge < -0.3 is 4.57 Å². The maximum Gasteiger partial charge on any atom is 0.161 e. The van der Waals surface area contributed by atoms with Crippen molar-refractivity contribution >= 4 is 54.3 Å². The highest BCUT2D eigenvalue weighted by molar-refractivity contribution is 6.15. The van der Waals surface area contributed by atoms with Crippen molar-refractivity contribution in [2.24, 2.45) is 0 Å². The van der Waals surface area contributed by atoms with Crippen LogP contribution in [0.1, 0.15) is 5.56 Å². The van der Waals surface area contributed by atoms with E-state index in [-0.39, 0.29) is 0 Å². The van der Waals surface area contributed by atoms with Gasteiger partial charge in [-0.2, -0.15) is 5.26 Å². The molecule has 0 aliphatic heterocycles. The number of nitriles is 1. The van der Waals surface area contributed by atoms with E-state index in [4.69, 9.17) is 9.97 Å². The van der Waals surface area contributed by atoms with E-state index < -0.39 is 0 Å². The Hall–Kier alpha value is -7.09. The van der Waals surface area contributed by atoms with Crippen molar-refractivity contribution in [3.8, 4) is 45.5 Å². The van der Waals surface area contributed by atoms with Crippen molar-refractivity contribution in [2.75, 3.05) is 0 Å². The fourth-order valence-corrected chi connectivity index (χ4v) is 7.63. The summed E-state index contributed by atoms with van der Waals surface area (Å²) in [6, 6.07) is 61.5. The van der Waals surface area contributed by atoms with Crippen LogP contribution in [0.5, 0.6) is 0 Å². The molecule has 0 N–H and O–H groups in total. The molecule has 2 aromatic heterocycles. The van der Waals surface area contributed by atoms with E-state index in [1.165, 1.54) is 21.5 Å². The molecule has 236 valence electrons. The third-order valence-electron chi connectivity index (χ3n) is 10.0. The summed E-state index contributed by atoms with van der Waals surface area (Å²) in [5.74, 6) is 0.515. The Morgan fingerprint density at radius 1 is 0.451 bits per heavy atom. The number of para-hydroxylation sites is 1. The lowest BCUT2D eigenvalue weighted by atomic mass is 9.96. The Bertz CT molecular complexity index is 3030. The summed E-state index contributed by atoms with van der Waals surface area (Å²) >= 11 is 0. The number of benzene rings is 8. The first-order valence-electron chi connectivity index (χ1n) is 17.1. The minimum Gasteiger partial charge on any atom is -0.309 e. The molecule has 4 nitrogen and oxygen atoms in total. The maximum absolute atomic E-state index is 10.8. The molecule has 0 saturated heterocycles. The normalized spacial score (nSPS) is 11.5. The zero-order valence-electron chi connectivity index (χ0n) is 27.5. The van der Waals surface area contributed by atoms with Crippen LogP contribution in [-0.2, 0) is 0 Å². The molecular weight excluding hydrogens is 621 g/mol. The molecule has 0 spiro atoms. The van der Waals surface area contributed by atoms with Gasteiger partial charge in [-0.05, 0) is 58.3 Å². The fourth-order valence-electron chi connectivity index (χ4n) is 7.63. The fraction of sp³-hybridized carbons (Fsp3) is 0. The molecule has 0 fully saturated rings. The summed E-state index contributed by atoms with van der Waals surface area (Å²) in [4.78, 5) is 10.5. The number of fused-ring (bicyclic) bond motifs is 6. The minimum absolute atomic E-state index is 0.515. The Morgan fingerprint density at radius 3 is 1.86 bits per heavy atom. The van der Waals surface area contributed by atoms with Gasteiger partial charge in [-0.15, -0.1) is 0 Å². The first-order valence-corrected chi connectivity index (χ1v) is 17.1. The van der Waals surface area contributed by atoms with E-state index >= 15 is 0 Å². The smallest absolute Gasteiger partial charge is 0.161 e. The molecule has 4 heteroatoms. The van der Waals surface area contributed by atoms with Crippen molar-refractivity contribution in [2.45, 2.75) is 0 Å². The second kappa shape index (κ2) is 11.5. The van der Waals surface area contributed by atoms with E-state index in [1.807, 2.05) is 54.6 Å². The second-order valence-electron chi connectivity index (χ2n) is 12.9. The summed E-state index contributed by atoms with van der Waals surface area (Å²) in [6.45, 7) is 0. The number of hydrogen-bond donors (Lipinski definition) is 0. The predicted molar refractivity (Wildman–Crippen MR) is 210 cm³/mol. The van der Waals surface area contributed by atoms with Crippen LogP contribution in [0.4, 0.5) is 0 Å². The van der Waals surface area contributed by atoms with E-state index in [0.29, 0.717) is 17.0 Å². The van der Waals surface area contributed by atoms with Gasteiger partial charge in [0.1, 0.15) is 6.07 Å². The van der Waals surface area contributed by atoms with Gasteiger partial charge in [0.15, 0.2) is 5.82 Å². The van der Waals surface area contributed by atoms with Gasteiger partial charge in [-0.25, -0.2) is 9.97 Å². The molecule has 0 aliphatic rings. The largest absolute Gasteiger partial charge is 0.309 e. The Morgan fingerprint density at radius 2 is 1.10 bits per heavy atom. The van der Waals surface area contributed by atoms with Gasteiger partial charge in [-0.3, -0.25) is 0 Å². The van der Waals surface area contributed by atoms with Crippen molar-refractivity contribution in [3.05, 3.63) is 175 Å². The molecule has 8 aromatic carbocycles. The third-order valence-corrected chi connectivity index (χ3v) is 10.0. The first-order chi connectivity index (χ1) is 25.2. The standard InChI is InChI=1S/C47H28N4/c48-29-41-35-19-9-10-20-36(35)45(51-43-22-12-11-21-37(43)39-25-32-17-7-8-18-33(32)27-44(39)51)28-40(41)47-49-42-26-34(30-13-3-1-4-14-30)23-24-38(42)46(50-47)31-15-5-2-6-16-31/h1-28H. The van der Waals surface area contributed by atoms with E-state index in [2.05, 4.69) is 126 Å². The zero-order valence-corrected chi connectivity index (χ0v) is 27.5. The Balaban J connectivity index is 1.31. The Kier molecular flexibility index (Phi) is 6.52. The molecule has 0 bridgehead atoms. The van der Waals surface area contributed by atoms with Gasteiger partial charge in [0.25, 0.3) is 0 Å². The predicted octanol–water partition coefficient (Wildman–Crippen LogP) is 11.9. The SMILES string of the molecule is N#Cc1c(-c2nc(-c3ccccc3)c3ccc(-c4ccccc4)cc3n2)cc(-n2c3ccccc3c3cc4ccccc4cc32)c2ccccc12. The topological polar surface area (TPSA) is 54.5 Å². The van der Waals surface area contributed by atoms with E-state index in [1.54, 1.807) is 0 Å². The van der Waals surface area contributed by atoms with Gasteiger partial charge >= 0.3 is 0 Å². The molecule has 0 radical (unpaired) electrons. The van der Waals surface area contributed by atoms with Crippen molar-refractivity contribution in [1.82, 2.24) is 14.5 Å². The zero-order chi connectivity index (χ0) is 33.9. The first kappa shape index (κ1) is 28.9. The highest BCUT2D eigenvalue weighted by Crippen LogP contribution is 2.41. The quantitative estimate of drug-likeness (QED) is 0.191. The van der Waals surface area contributed by atoms with Crippen LogP contribution < -0.4 is 0 Å². The molecule has 10 rings (SSSR count). The summed E-state index contributed by atoms with van der Waals surface area (Å²) in [7, 11) is 0. The minimum atomic E-state index is 0.515. The van der Waals surface area contributed by atoms with Crippen LogP contribution in [0.2, 0.25) is 0 Å². The maximum atomic E-state index is 10.8. The third kappa shape index (κ3) is 4.60. The lowest BCUT2D eigenvalue weighted by Gasteiger charge is -2.17. The highest BCUT2D eigenvalue weighted by atomic mass is 15.0. The summed E-state index contributed by atoms with van der Waals surface area (Å²) < 4.78 is 2.34. The van der Waals surface area contributed by atoms with Crippen LogP contribution in [-0.4, -0.2) is 14.5 Å². The second-order valence-corrected chi connectivity index (χ2v) is 12.9. The average molecular weight is 649 g/mol. The van der Waals surface area contributed by atoms with Gasteiger partial charge in [-0.1, -0.05) is 133 Å². The summed E-state index contributed by atoms with van der Waals surface area (Å²) in [5.41, 5.74) is 9.26. The monoisotopic (exact) mass is 648 g/mol. The number of rotatable bonds is 4. The van der Waals surface area contributed by atoms with Crippen LogP contribution >= 0.6 is 0 Å². The van der Waals surface area contributed by atoms with E-state index in [0.717, 1.165) is 60.8 Å². The molecule has 0 atom stereocenters. The molecule has 2 heterocycles. The molecule has 0 unspecified atom stereocenters. The van der Waals surface area contributed by atoms with Crippen molar-refractivity contribution < 1.29 is 0 Å². The average Bonchev–Trinajstić information content (AvgIpc) is 3.52. The van der Waals surface area contributed by atoms with Crippen LogP contribution in [0.25, 0.3) is 93.7 Å². The number of nitrogens with zero attached hydrogens (tertiary/aromatic N) is 4. The lowest BCUT2D eigenvalue weighted by molar-refractivity contribution is 1.18. The summed E-state index contributed by atoms with van der Waals surface area (Å²) in [5, 5.41) is 18.4. The molecule has 0 aliphatic carbocycles. The van der Waals surface area contributed by atoms with Crippen LogP contribution in [0, 0.1) is 11.3 Å². The molecule has 0 amide bonds. The van der Waals surface area contributed by atoms with Gasteiger partial charge in [0.2, 0.25) is 0 Å². The number of hydrogen-bond acceptors (Lipinski definition) is 3. The highest BCUT2D eigenvalue weighted by Gasteiger charge is 2.22. The van der Waals surface area contributed by atoms with Gasteiger partial charge in [0.05, 0.1) is 33.5 Å². The van der Waals surface area contributed by atoms with Gasteiger partial charge in [0, 0.05) is 38.1 Å². The van der Waals surface area contributed by atoms with Crippen molar-refractivity contribution in [3.63, 3.8) is 0 Å². The van der Waals surface area contributed by atoms with Crippen LogP contribution in [0.15, 0.2) is 170 Å². The summed E-state index contributed by atoms with van der Waals surface area (Å²) in [6.07, 6.45) is 0. The molecule has 0 saturated carbocycles. The Labute approximate surface area is 294 Å². The molecule has 10 aromatic rings.